The van der Waals surface area contributed by atoms with E-state index in [2.05, 4.69) is 52.2 Å². The van der Waals surface area contributed by atoms with Gasteiger partial charge in [0.1, 0.15) is 6.61 Å². The molecule has 0 saturated heterocycles. The van der Waals surface area contributed by atoms with Gasteiger partial charge >= 0.3 is 6.09 Å². The molecule has 0 aromatic heterocycles. The molecule has 2 rings (SSSR count). The van der Waals surface area contributed by atoms with Gasteiger partial charge in [0, 0.05) is 10.1 Å². The maximum absolute atomic E-state index is 11.5. The van der Waals surface area contributed by atoms with Crippen molar-refractivity contribution in [1.82, 2.24) is 5.32 Å². The van der Waals surface area contributed by atoms with E-state index in [1.807, 2.05) is 30.3 Å². The molecule has 2 aromatic rings. The number of alkyl carbamates (subject to hydrolysis) is 1. The third-order valence-electron chi connectivity index (χ3n) is 2.81. The van der Waals surface area contributed by atoms with E-state index in [-0.39, 0.29) is 6.09 Å². The zero-order chi connectivity index (χ0) is 14.2. The van der Waals surface area contributed by atoms with Crippen molar-refractivity contribution in [2.75, 3.05) is 6.54 Å². The van der Waals surface area contributed by atoms with Gasteiger partial charge in [-0.2, -0.15) is 0 Å². The van der Waals surface area contributed by atoms with Gasteiger partial charge in [-0.1, -0.05) is 42.5 Å². The summed E-state index contributed by atoms with van der Waals surface area (Å²) >= 11 is 2.27. The third kappa shape index (κ3) is 5.21. The number of halogens is 1. The molecule has 0 atom stereocenters. The summed E-state index contributed by atoms with van der Waals surface area (Å²) in [6.45, 7) is 0.879. The summed E-state index contributed by atoms with van der Waals surface area (Å²) in [5, 5.41) is 2.75. The van der Waals surface area contributed by atoms with Crippen molar-refractivity contribution in [2.45, 2.75) is 13.0 Å². The van der Waals surface area contributed by atoms with Gasteiger partial charge in [-0.05, 0) is 52.3 Å². The first-order valence-electron chi connectivity index (χ1n) is 6.43. The second kappa shape index (κ2) is 7.89. The van der Waals surface area contributed by atoms with Crippen molar-refractivity contribution in [3.8, 4) is 0 Å². The highest BCUT2D eigenvalue weighted by molar-refractivity contribution is 14.1. The van der Waals surface area contributed by atoms with Crippen molar-refractivity contribution < 1.29 is 9.53 Å². The van der Waals surface area contributed by atoms with Crippen molar-refractivity contribution in [3.05, 3.63) is 69.3 Å². The highest BCUT2D eigenvalue weighted by atomic mass is 127. The lowest BCUT2D eigenvalue weighted by Gasteiger charge is -2.07. The molecule has 0 spiro atoms. The fourth-order valence-electron chi connectivity index (χ4n) is 1.73. The first kappa shape index (κ1) is 14.8. The van der Waals surface area contributed by atoms with E-state index < -0.39 is 0 Å². The SMILES string of the molecule is O=C(NCCc1ccc(I)cc1)OCc1ccccc1. The van der Waals surface area contributed by atoms with Crippen LogP contribution in [0.25, 0.3) is 0 Å². The maximum Gasteiger partial charge on any atom is 0.407 e. The highest BCUT2D eigenvalue weighted by Crippen LogP contribution is 2.07. The lowest BCUT2D eigenvalue weighted by Crippen LogP contribution is -2.26. The normalized spacial score (nSPS) is 10.1. The van der Waals surface area contributed by atoms with Crippen LogP contribution in [0.15, 0.2) is 54.6 Å². The van der Waals surface area contributed by atoms with Gasteiger partial charge in [0.25, 0.3) is 0 Å². The largest absolute Gasteiger partial charge is 0.445 e. The number of amides is 1. The van der Waals surface area contributed by atoms with Crippen LogP contribution in [0.4, 0.5) is 4.79 Å². The molecule has 3 nitrogen and oxygen atoms in total. The second-order valence-corrected chi connectivity index (χ2v) is 5.61. The number of nitrogens with one attached hydrogen (secondary N) is 1. The molecule has 0 aliphatic heterocycles. The van der Waals surface area contributed by atoms with Crippen molar-refractivity contribution >= 4 is 28.7 Å². The number of ether oxygens (including phenoxy) is 1. The predicted octanol–water partition coefficient (Wildman–Crippen LogP) is 3.76. The molecule has 2 aromatic carbocycles. The van der Waals surface area contributed by atoms with Crippen LogP contribution in [0, 0.1) is 3.57 Å². The Morgan fingerprint density at radius 1 is 1.00 bits per heavy atom. The topological polar surface area (TPSA) is 38.3 Å². The van der Waals surface area contributed by atoms with Gasteiger partial charge < -0.3 is 10.1 Å². The molecule has 20 heavy (non-hydrogen) atoms. The summed E-state index contributed by atoms with van der Waals surface area (Å²) in [6, 6.07) is 17.9. The van der Waals surface area contributed by atoms with Crippen molar-refractivity contribution in [2.24, 2.45) is 0 Å². The Hall–Kier alpha value is -1.56. The minimum atomic E-state index is -0.376. The molecule has 0 aliphatic rings. The molecule has 4 heteroatoms. The Morgan fingerprint density at radius 3 is 2.40 bits per heavy atom. The molecule has 0 saturated carbocycles. The monoisotopic (exact) mass is 381 g/mol. The molecule has 1 N–H and O–H groups in total. The minimum absolute atomic E-state index is 0.302. The molecule has 0 radical (unpaired) electrons. The summed E-state index contributed by atoms with van der Waals surface area (Å²) in [7, 11) is 0. The van der Waals surface area contributed by atoms with E-state index in [0.29, 0.717) is 13.2 Å². The first-order chi connectivity index (χ1) is 9.74. The molecular weight excluding hydrogens is 365 g/mol. The van der Waals surface area contributed by atoms with Crippen LogP contribution in [0.1, 0.15) is 11.1 Å². The number of carbonyl (C=O) groups is 1. The molecule has 104 valence electrons. The number of benzene rings is 2. The maximum atomic E-state index is 11.5. The summed E-state index contributed by atoms with van der Waals surface area (Å²) in [6.07, 6.45) is 0.427. The first-order valence-corrected chi connectivity index (χ1v) is 7.51. The summed E-state index contributed by atoms with van der Waals surface area (Å²) in [5.41, 5.74) is 2.19. The van der Waals surface area contributed by atoms with Gasteiger partial charge in [0.05, 0.1) is 0 Å². The van der Waals surface area contributed by atoms with E-state index in [4.69, 9.17) is 4.74 Å². The Balaban J connectivity index is 1.66. The standard InChI is InChI=1S/C16H16INO2/c17-15-8-6-13(7-9-15)10-11-18-16(19)20-12-14-4-2-1-3-5-14/h1-9H,10-12H2,(H,18,19). The number of hydrogen-bond acceptors (Lipinski definition) is 2. The molecule has 0 aliphatic carbocycles. The van der Waals surface area contributed by atoms with E-state index in [0.717, 1.165) is 12.0 Å². The lowest BCUT2D eigenvalue weighted by atomic mass is 10.1. The Labute approximate surface area is 132 Å². The summed E-state index contributed by atoms with van der Waals surface area (Å²) < 4.78 is 6.34. The van der Waals surface area contributed by atoms with Gasteiger partial charge in [-0.25, -0.2) is 4.79 Å². The number of rotatable bonds is 5. The van der Waals surface area contributed by atoms with Crippen LogP contribution in [0.2, 0.25) is 0 Å². The van der Waals surface area contributed by atoms with Crippen LogP contribution in [0.5, 0.6) is 0 Å². The molecule has 0 bridgehead atoms. The molecular formula is C16H16INO2. The van der Waals surface area contributed by atoms with E-state index >= 15 is 0 Å². The molecule has 0 fully saturated rings. The Kier molecular flexibility index (Phi) is 5.86. The number of carbonyl (C=O) groups excluding carboxylic acids is 1. The fraction of sp³-hybridized carbons (Fsp3) is 0.188. The predicted molar refractivity (Wildman–Crippen MR) is 87.5 cm³/mol. The second-order valence-electron chi connectivity index (χ2n) is 4.36. The molecule has 0 unspecified atom stereocenters. The summed E-state index contributed by atoms with van der Waals surface area (Å²) in [5.74, 6) is 0. The van der Waals surface area contributed by atoms with Crippen LogP contribution >= 0.6 is 22.6 Å². The van der Waals surface area contributed by atoms with Crippen LogP contribution in [0.3, 0.4) is 0 Å². The van der Waals surface area contributed by atoms with Crippen LogP contribution in [-0.2, 0) is 17.8 Å². The van der Waals surface area contributed by atoms with Crippen LogP contribution in [-0.4, -0.2) is 12.6 Å². The fourth-order valence-corrected chi connectivity index (χ4v) is 2.09. The van der Waals surface area contributed by atoms with E-state index in [1.54, 1.807) is 0 Å². The van der Waals surface area contributed by atoms with Gasteiger partial charge in [0.15, 0.2) is 0 Å². The van der Waals surface area contributed by atoms with Gasteiger partial charge in [-0.15, -0.1) is 0 Å². The quantitative estimate of drug-likeness (QED) is 0.802. The van der Waals surface area contributed by atoms with Gasteiger partial charge in [0.2, 0.25) is 0 Å². The van der Waals surface area contributed by atoms with E-state index in [1.165, 1.54) is 9.13 Å². The van der Waals surface area contributed by atoms with Crippen molar-refractivity contribution in [1.29, 1.82) is 0 Å². The average molecular weight is 381 g/mol. The van der Waals surface area contributed by atoms with E-state index in [9.17, 15) is 4.79 Å². The number of hydrogen-bond donors (Lipinski definition) is 1. The zero-order valence-electron chi connectivity index (χ0n) is 11.0. The van der Waals surface area contributed by atoms with Crippen LogP contribution < -0.4 is 5.32 Å². The molecule has 1 amide bonds. The highest BCUT2D eigenvalue weighted by Gasteiger charge is 2.02. The third-order valence-corrected chi connectivity index (χ3v) is 3.53. The average Bonchev–Trinajstić information content (AvgIpc) is 2.48. The smallest absolute Gasteiger partial charge is 0.407 e. The Morgan fingerprint density at radius 2 is 1.70 bits per heavy atom. The Bertz CT molecular complexity index is 540. The van der Waals surface area contributed by atoms with Crippen molar-refractivity contribution in [3.63, 3.8) is 0 Å². The lowest BCUT2D eigenvalue weighted by molar-refractivity contribution is 0.140. The van der Waals surface area contributed by atoms with Gasteiger partial charge in [-0.3, -0.25) is 0 Å². The summed E-state index contributed by atoms with van der Waals surface area (Å²) in [4.78, 5) is 11.5. The minimum Gasteiger partial charge on any atom is -0.445 e. The zero-order valence-corrected chi connectivity index (χ0v) is 13.2. The molecule has 0 heterocycles.